The molecule has 2 heterocycles. The summed E-state index contributed by atoms with van der Waals surface area (Å²) >= 11 is 6.14. The molecule has 2 N–H and O–H groups in total. The van der Waals surface area contributed by atoms with Crippen molar-refractivity contribution in [2.24, 2.45) is 11.8 Å². The Bertz CT molecular complexity index is 1050. The molecule has 2 aromatic rings. The molecule has 0 saturated carbocycles. The maximum Gasteiger partial charge on any atom is 0.268 e. The summed E-state index contributed by atoms with van der Waals surface area (Å²) in [4.78, 5) is 3.89. The highest BCUT2D eigenvalue weighted by Gasteiger charge is 2.33. The summed E-state index contributed by atoms with van der Waals surface area (Å²) in [7, 11) is -2.85. The zero-order chi connectivity index (χ0) is 22.8. The molecule has 0 bridgehead atoms. The number of benzene rings is 1. The van der Waals surface area contributed by atoms with Crippen LogP contribution in [0.4, 0.5) is 24.7 Å². The van der Waals surface area contributed by atoms with Gasteiger partial charge >= 0.3 is 0 Å². The molecule has 1 saturated heterocycles. The van der Waals surface area contributed by atoms with Gasteiger partial charge in [0, 0.05) is 19.2 Å². The lowest BCUT2D eigenvalue weighted by atomic mass is 9.89. The largest absolute Gasteiger partial charge is 0.370 e. The first-order valence-corrected chi connectivity index (χ1v) is 11.8. The topological polar surface area (TPSA) is 74.3 Å². The van der Waals surface area contributed by atoms with Crippen LogP contribution >= 0.6 is 11.6 Å². The molecule has 3 rings (SSSR count). The van der Waals surface area contributed by atoms with Gasteiger partial charge in [0.1, 0.15) is 16.7 Å². The SMILES string of the molecule is CCC(CNC)C1CCN(c2cc(F)c(S(=O)(=O)Nc3cccc(F)n3)c(F)c2Cl)C1. The molecule has 1 aliphatic heterocycles. The second-order valence-electron chi connectivity index (χ2n) is 7.51. The molecule has 0 amide bonds. The summed E-state index contributed by atoms with van der Waals surface area (Å²) < 4.78 is 70.0. The Kier molecular flexibility index (Phi) is 7.33. The molecule has 11 heteroatoms. The third kappa shape index (κ3) is 5.07. The molecule has 1 fully saturated rings. The average Bonchev–Trinajstić information content (AvgIpc) is 3.18. The lowest BCUT2D eigenvalue weighted by Crippen LogP contribution is -2.28. The van der Waals surface area contributed by atoms with Crippen molar-refractivity contribution in [1.82, 2.24) is 10.3 Å². The van der Waals surface area contributed by atoms with Crippen molar-refractivity contribution >= 4 is 33.1 Å². The summed E-state index contributed by atoms with van der Waals surface area (Å²) in [5, 5.41) is 2.68. The number of hydrogen-bond acceptors (Lipinski definition) is 5. The summed E-state index contributed by atoms with van der Waals surface area (Å²) in [5.41, 5.74) is 0.112. The fourth-order valence-electron chi connectivity index (χ4n) is 3.99. The highest BCUT2D eigenvalue weighted by atomic mass is 35.5. The number of pyridine rings is 1. The normalized spacial score (nSPS) is 17.7. The fraction of sp³-hybridized carbons (Fsp3) is 0.450. The number of nitrogens with one attached hydrogen (secondary N) is 2. The molecule has 0 radical (unpaired) electrons. The molecule has 1 aromatic carbocycles. The highest BCUT2D eigenvalue weighted by molar-refractivity contribution is 7.92. The molecule has 170 valence electrons. The number of nitrogens with zero attached hydrogens (tertiary/aromatic N) is 2. The molecule has 2 atom stereocenters. The van der Waals surface area contributed by atoms with Crippen LogP contribution in [0.15, 0.2) is 29.2 Å². The lowest BCUT2D eigenvalue weighted by Gasteiger charge is -2.24. The average molecular weight is 477 g/mol. The minimum absolute atomic E-state index is 0.112. The van der Waals surface area contributed by atoms with Gasteiger partial charge in [-0.1, -0.05) is 31.0 Å². The van der Waals surface area contributed by atoms with Crippen LogP contribution in [0.25, 0.3) is 0 Å². The summed E-state index contributed by atoms with van der Waals surface area (Å²) in [5.74, 6) is -3.30. The van der Waals surface area contributed by atoms with Gasteiger partial charge in [-0.2, -0.15) is 4.39 Å². The van der Waals surface area contributed by atoms with Gasteiger partial charge in [0.15, 0.2) is 10.7 Å². The maximum atomic E-state index is 15.0. The Labute approximate surface area is 184 Å². The second kappa shape index (κ2) is 9.62. The number of anilines is 2. The molecule has 1 aromatic heterocycles. The minimum atomic E-state index is -4.73. The quantitative estimate of drug-likeness (QED) is 0.444. The lowest BCUT2D eigenvalue weighted by molar-refractivity contribution is 0.340. The van der Waals surface area contributed by atoms with E-state index in [1.807, 2.05) is 11.8 Å². The van der Waals surface area contributed by atoms with Crippen LogP contribution in [0.2, 0.25) is 5.02 Å². The van der Waals surface area contributed by atoms with E-state index in [1.165, 1.54) is 6.07 Å². The Hall–Kier alpha value is -2.04. The number of halogens is 4. The van der Waals surface area contributed by atoms with Crippen LogP contribution in [0.3, 0.4) is 0 Å². The Morgan fingerprint density at radius 1 is 1.32 bits per heavy atom. The van der Waals surface area contributed by atoms with E-state index in [0.29, 0.717) is 24.9 Å². The minimum Gasteiger partial charge on any atom is -0.370 e. The second-order valence-corrected chi connectivity index (χ2v) is 9.50. The standard InChI is InChI=1S/C20H24ClF3N4O2S/c1-3-12(10-25-2)13-7-8-28(11-13)15-9-14(22)20(19(24)18(15)21)31(29,30)27-17-6-4-5-16(23)26-17/h4-6,9,12-13,25H,3,7-8,10-11H2,1-2H3,(H,26,27). The van der Waals surface area contributed by atoms with Crippen molar-refractivity contribution in [3.8, 4) is 0 Å². The van der Waals surface area contributed by atoms with Crippen molar-refractivity contribution in [2.75, 3.05) is 36.3 Å². The van der Waals surface area contributed by atoms with Crippen molar-refractivity contribution in [3.63, 3.8) is 0 Å². The van der Waals surface area contributed by atoms with Crippen LogP contribution in [-0.2, 0) is 10.0 Å². The van der Waals surface area contributed by atoms with Crippen molar-refractivity contribution < 1.29 is 21.6 Å². The van der Waals surface area contributed by atoms with Gasteiger partial charge in [-0.3, -0.25) is 4.72 Å². The number of sulfonamides is 1. The van der Waals surface area contributed by atoms with E-state index in [2.05, 4.69) is 17.2 Å². The molecule has 0 spiro atoms. The zero-order valence-corrected chi connectivity index (χ0v) is 18.7. The van der Waals surface area contributed by atoms with Crippen molar-refractivity contribution in [2.45, 2.75) is 24.7 Å². The summed E-state index contributed by atoms with van der Waals surface area (Å²) in [6, 6.07) is 4.31. The smallest absolute Gasteiger partial charge is 0.268 e. The Morgan fingerprint density at radius 2 is 2.06 bits per heavy atom. The van der Waals surface area contributed by atoms with E-state index in [0.717, 1.165) is 37.6 Å². The number of hydrogen-bond donors (Lipinski definition) is 2. The van der Waals surface area contributed by atoms with Crippen LogP contribution < -0.4 is 14.9 Å². The van der Waals surface area contributed by atoms with E-state index in [9.17, 15) is 21.6 Å². The van der Waals surface area contributed by atoms with E-state index < -0.39 is 43.3 Å². The monoisotopic (exact) mass is 476 g/mol. The van der Waals surface area contributed by atoms with Gasteiger partial charge in [-0.15, -0.1) is 0 Å². The summed E-state index contributed by atoms with van der Waals surface area (Å²) in [6.07, 6.45) is 1.80. The third-order valence-electron chi connectivity index (χ3n) is 5.54. The molecule has 1 aliphatic rings. The predicted octanol–water partition coefficient (Wildman–Crippen LogP) is 4.03. The van der Waals surface area contributed by atoms with Gasteiger partial charge in [-0.25, -0.2) is 22.2 Å². The fourth-order valence-corrected chi connectivity index (χ4v) is 5.46. The van der Waals surface area contributed by atoms with Gasteiger partial charge in [0.25, 0.3) is 10.0 Å². The Balaban J connectivity index is 1.89. The zero-order valence-electron chi connectivity index (χ0n) is 17.1. The van der Waals surface area contributed by atoms with Gasteiger partial charge in [-0.05, 0) is 44.0 Å². The molecule has 31 heavy (non-hydrogen) atoms. The van der Waals surface area contributed by atoms with Crippen molar-refractivity contribution in [1.29, 1.82) is 0 Å². The van der Waals surface area contributed by atoms with Gasteiger partial charge < -0.3 is 10.2 Å². The van der Waals surface area contributed by atoms with E-state index in [4.69, 9.17) is 11.6 Å². The van der Waals surface area contributed by atoms with Gasteiger partial charge in [0.05, 0.1) is 5.69 Å². The molecular formula is C20H24ClF3N4O2S. The summed E-state index contributed by atoms with van der Waals surface area (Å²) in [6.45, 7) is 4.05. The van der Waals surface area contributed by atoms with E-state index in [-0.39, 0.29) is 5.69 Å². The van der Waals surface area contributed by atoms with Gasteiger partial charge in [0.2, 0.25) is 5.95 Å². The van der Waals surface area contributed by atoms with Crippen LogP contribution in [0.5, 0.6) is 0 Å². The molecular weight excluding hydrogens is 453 g/mol. The van der Waals surface area contributed by atoms with E-state index >= 15 is 0 Å². The number of rotatable bonds is 8. The Morgan fingerprint density at radius 3 is 2.71 bits per heavy atom. The molecule has 2 unspecified atom stereocenters. The first-order chi connectivity index (χ1) is 14.7. The first-order valence-electron chi connectivity index (χ1n) is 9.90. The van der Waals surface area contributed by atoms with Crippen LogP contribution in [-0.4, -0.2) is 40.1 Å². The number of aromatic nitrogens is 1. The van der Waals surface area contributed by atoms with E-state index in [1.54, 1.807) is 4.90 Å². The van der Waals surface area contributed by atoms with Crippen LogP contribution in [0.1, 0.15) is 19.8 Å². The highest BCUT2D eigenvalue weighted by Crippen LogP contribution is 2.38. The molecule has 6 nitrogen and oxygen atoms in total. The van der Waals surface area contributed by atoms with Crippen molar-refractivity contribution in [3.05, 3.63) is 46.9 Å². The third-order valence-corrected chi connectivity index (χ3v) is 7.29. The maximum absolute atomic E-state index is 15.0. The molecule has 0 aliphatic carbocycles. The van der Waals surface area contributed by atoms with Crippen LogP contribution in [0, 0.1) is 29.4 Å². The first kappa shape index (κ1) is 23.6. The predicted molar refractivity (Wildman–Crippen MR) is 114 cm³/mol.